The summed E-state index contributed by atoms with van der Waals surface area (Å²) in [5, 5.41) is 2.87. The second kappa shape index (κ2) is 7.09. The number of nitrogens with two attached hydrogens (primary N) is 1. The number of hydrogen-bond acceptors (Lipinski definition) is 3. The summed E-state index contributed by atoms with van der Waals surface area (Å²) in [6, 6.07) is 7.88. The van der Waals surface area contributed by atoms with Gasteiger partial charge in [-0.15, -0.1) is 0 Å². The monoisotopic (exact) mass is 279 g/mol. The number of hydrogen-bond donors (Lipinski definition) is 2. The number of carbonyl (C=O) groups is 1. The quantitative estimate of drug-likeness (QED) is 0.778. The lowest BCUT2D eigenvalue weighted by atomic mass is 10.2. The minimum absolute atomic E-state index is 0.0624. The minimum atomic E-state index is 0.0624. The lowest BCUT2D eigenvalue weighted by Crippen LogP contribution is -2.33. The van der Waals surface area contributed by atoms with Gasteiger partial charge >= 0.3 is 0 Å². The fourth-order valence-electron chi connectivity index (χ4n) is 1.69. The molecule has 3 N–H and O–H groups in total. The molecule has 1 rings (SSSR count). The Bertz CT molecular complexity index is 460. The predicted octanol–water partition coefficient (Wildman–Crippen LogP) is 1.67. The summed E-state index contributed by atoms with van der Waals surface area (Å²) in [6.07, 6.45) is 0.464. The second-order valence-electron chi connectivity index (χ2n) is 4.81. The van der Waals surface area contributed by atoms with Crippen molar-refractivity contribution in [1.29, 1.82) is 0 Å². The number of nitrogens with zero attached hydrogens (tertiary/aromatic N) is 1. The molecule has 0 aromatic heterocycles. The fraction of sp³-hybridized carbons (Fsp3) is 0.429. The highest BCUT2D eigenvalue weighted by Crippen LogP contribution is 2.15. The van der Waals surface area contributed by atoms with Crippen LogP contribution in [0.5, 0.6) is 0 Å². The molecule has 0 bridgehead atoms. The molecule has 0 aliphatic rings. The van der Waals surface area contributed by atoms with E-state index < -0.39 is 0 Å². The molecule has 0 saturated heterocycles. The summed E-state index contributed by atoms with van der Waals surface area (Å²) in [4.78, 5) is 14.0. The number of benzene rings is 1. The van der Waals surface area contributed by atoms with Crippen LogP contribution in [-0.4, -0.2) is 30.5 Å². The Kier molecular flexibility index (Phi) is 5.76. The van der Waals surface area contributed by atoms with Gasteiger partial charge in [-0.25, -0.2) is 0 Å². The van der Waals surface area contributed by atoms with Crippen molar-refractivity contribution in [2.45, 2.75) is 26.3 Å². The van der Waals surface area contributed by atoms with E-state index in [2.05, 4.69) is 5.32 Å². The van der Waals surface area contributed by atoms with Gasteiger partial charge < -0.3 is 16.0 Å². The Morgan fingerprint density at radius 2 is 2.16 bits per heavy atom. The van der Waals surface area contributed by atoms with Crippen molar-refractivity contribution in [1.82, 2.24) is 5.32 Å². The van der Waals surface area contributed by atoms with Crippen LogP contribution in [0.25, 0.3) is 0 Å². The van der Waals surface area contributed by atoms with Gasteiger partial charge in [-0.05, 0) is 26.0 Å². The molecule has 19 heavy (non-hydrogen) atoms. The Morgan fingerprint density at radius 1 is 1.47 bits per heavy atom. The van der Waals surface area contributed by atoms with E-state index in [1.165, 1.54) is 0 Å². The van der Waals surface area contributed by atoms with Gasteiger partial charge in [-0.1, -0.05) is 24.4 Å². The summed E-state index contributed by atoms with van der Waals surface area (Å²) < 4.78 is 0. The van der Waals surface area contributed by atoms with E-state index in [1.807, 2.05) is 50.1 Å². The van der Waals surface area contributed by atoms with Crippen molar-refractivity contribution in [2.75, 3.05) is 18.5 Å². The molecule has 0 heterocycles. The van der Waals surface area contributed by atoms with Gasteiger partial charge in [0, 0.05) is 37.3 Å². The molecule has 0 aliphatic carbocycles. The highest BCUT2D eigenvalue weighted by Gasteiger charge is 2.07. The lowest BCUT2D eigenvalue weighted by molar-refractivity contribution is -0.121. The molecule has 0 radical (unpaired) electrons. The molecule has 104 valence electrons. The van der Waals surface area contributed by atoms with Crippen LogP contribution in [0.4, 0.5) is 5.69 Å². The molecule has 5 heteroatoms. The lowest BCUT2D eigenvalue weighted by Gasteiger charge is -2.20. The number of nitrogens with one attached hydrogen (secondary N) is 1. The molecule has 0 atom stereocenters. The van der Waals surface area contributed by atoms with E-state index in [1.54, 1.807) is 0 Å². The smallest absolute Gasteiger partial charge is 0.221 e. The van der Waals surface area contributed by atoms with Gasteiger partial charge in [0.1, 0.15) is 4.99 Å². The molecule has 1 amide bonds. The Hall–Kier alpha value is -1.62. The first-order chi connectivity index (χ1) is 8.90. The van der Waals surface area contributed by atoms with Crippen molar-refractivity contribution in [3.8, 4) is 0 Å². The first kappa shape index (κ1) is 15.4. The van der Waals surface area contributed by atoms with Gasteiger partial charge in [-0.3, -0.25) is 4.79 Å². The van der Waals surface area contributed by atoms with E-state index >= 15 is 0 Å². The molecule has 1 aromatic carbocycles. The largest absolute Gasteiger partial charge is 0.389 e. The summed E-state index contributed by atoms with van der Waals surface area (Å²) in [5.41, 5.74) is 7.45. The van der Waals surface area contributed by atoms with Crippen LogP contribution in [0.3, 0.4) is 0 Å². The van der Waals surface area contributed by atoms with Crippen molar-refractivity contribution < 1.29 is 4.79 Å². The summed E-state index contributed by atoms with van der Waals surface area (Å²) >= 11 is 4.96. The highest BCUT2D eigenvalue weighted by atomic mass is 32.1. The number of amides is 1. The van der Waals surface area contributed by atoms with E-state index in [0.717, 1.165) is 11.3 Å². The first-order valence-electron chi connectivity index (χ1n) is 6.30. The van der Waals surface area contributed by atoms with Crippen LogP contribution in [0.1, 0.15) is 25.8 Å². The molecule has 0 spiro atoms. The van der Waals surface area contributed by atoms with Crippen LogP contribution in [0.15, 0.2) is 24.3 Å². The first-order valence-corrected chi connectivity index (χ1v) is 6.71. The SMILES string of the molecule is CC(C)NC(=O)CCN(C)c1cccc(C(N)=S)c1. The van der Waals surface area contributed by atoms with E-state index in [0.29, 0.717) is 18.0 Å². The predicted molar refractivity (Wildman–Crippen MR) is 83.5 cm³/mol. The molecule has 0 unspecified atom stereocenters. The maximum Gasteiger partial charge on any atom is 0.221 e. The maximum absolute atomic E-state index is 11.6. The summed E-state index contributed by atoms with van der Waals surface area (Å²) in [6.45, 7) is 4.56. The maximum atomic E-state index is 11.6. The fourth-order valence-corrected chi connectivity index (χ4v) is 1.82. The molecule has 0 fully saturated rings. The minimum Gasteiger partial charge on any atom is -0.389 e. The van der Waals surface area contributed by atoms with Gasteiger partial charge in [0.05, 0.1) is 0 Å². The number of thiocarbonyl (C=S) groups is 1. The molecule has 4 nitrogen and oxygen atoms in total. The van der Waals surface area contributed by atoms with Gasteiger partial charge in [-0.2, -0.15) is 0 Å². The average molecular weight is 279 g/mol. The van der Waals surface area contributed by atoms with E-state index in [-0.39, 0.29) is 11.9 Å². The zero-order valence-electron chi connectivity index (χ0n) is 11.6. The molecule has 0 saturated carbocycles. The Balaban J connectivity index is 2.58. The van der Waals surface area contributed by atoms with Gasteiger partial charge in [0.15, 0.2) is 0 Å². The van der Waals surface area contributed by atoms with Crippen LogP contribution >= 0.6 is 12.2 Å². The summed E-state index contributed by atoms with van der Waals surface area (Å²) in [7, 11) is 1.95. The normalized spacial score (nSPS) is 10.3. The third-order valence-electron chi connectivity index (χ3n) is 2.70. The van der Waals surface area contributed by atoms with Crippen LogP contribution < -0.4 is 16.0 Å². The number of rotatable bonds is 6. The van der Waals surface area contributed by atoms with Crippen LogP contribution in [0.2, 0.25) is 0 Å². The molecule has 0 aliphatic heterocycles. The van der Waals surface area contributed by atoms with E-state index in [9.17, 15) is 4.79 Å². The van der Waals surface area contributed by atoms with Crippen molar-refractivity contribution in [3.63, 3.8) is 0 Å². The zero-order chi connectivity index (χ0) is 14.4. The van der Waals surface area contributed by atoms with Crippen molar-refractivity contribution in [2.24, 2.45) is 5.73 Å². The molecular weight excluding hydrogens is 258 g/mol. The van der Waals surface area contributed by atoms with Crippen LogP contribution in [0, 0.1) is 0 Å². The summed E-state index contributed by atoms with van der Waals surface area (Å²) in [5.74, 6) is 0.0624. The number of carbonyl (C=O) groups excluding carboxylic acids is 1. The van der Waals surface area contributed by atoms with Gasteiger partial charge in [0.2, 0.25) is 5.91 Å². The molecule has 1 aromatic rings. The Labute approximate surface area is 120 Å². The van der Waals surface area contributed by atoms with Crippen molar-refractivity contribution in [3.05, 3.63) is 29.8 Å². The van der Waals surface area contributed by atoms with E-state index in [4.69, 9.17) is 18.0 Å². The topological polar surface area (TPSA) is 58.4 Å². The third kappa shape index (κ3) is 5.26. The average Bonchev–Trinajstić information content (AvgIpc) is 2.35. The third-order valence-corrected chi connectivity index (χ3v) is 2.93. The highest BCUT2D eigenvalue weighted by molar-refractivity contribution is 7.80. The van der Waals surface area contributed by atoms with Gasteiger partial charge in [0.25, 0.3) is 0 Å². The zero-order valence-corrected chi connectivity index (χ0v) is 12.5. The van der Waals surface area contributed by atoms with Crippen molar-refractivity contribution >= 4 is 28.8 Å². The number of anilines is 1. The molecular formula is C14H21N3OS. The van der Waals surface area contributed by atoms with Crippen LogP contribution in [-0.2, 0) is 4.79 Å². The Morgan fingerprint density at radius 3 is 2.74 bits per heavy atom. The second-order valence-corrected chi connectivity index (χ2v) is 5.25. The standard InChI is InChI=1S/C14H21N3OS/c1-10(2)16-13(18)7-8-17(3)12-6-4-5-11(9-12)14(15)19/h4-6,9-10H,7-8H2,1-3H3,(H2,15,19)(H,16,18).